The van der Waals surface area contributed by atoms with Crippen molar-refractivity contribution >= 4 is 28.6 Å². The summed E-state index contributed by atoms with van der Waals surface area (Å²) in [6.07, 6.45) is 0. The van der Waals surface area contributed by atoms with Crippen molar-refractivity contribution in [1.82, 2.24) is 9.97 Å². The molecule has 3 rings (SSSR count). The molecule has 106 valence electrons. The number of fused-ring (bicyclic) bond motifs is 1. The van der Waals surface area contributed by atoms with E-state index in [0.29, 0.717) is 21.2 Å². The Labute approximate surface area is 125 Å². The van der Waals surface area contributed by atoms with Gasteiger partial charge < -0.3 is 9.52 Å². The SMILES string of the molecule is Cc1nc(Sc2cc(C(=O)O)c3ccccc3n2)oc1C. The lowest BCUT2D eigenvalue weighted by Crippen LogP contribution is -1.99. The Morgan fingerprint density at radius 3 is 2.67 bits per heavy atom. The van der Waals surface area contributed by atoms with Gasteiger partial charge in [-0.15, -0.1) is 0 Å². The van der Waals surface area contributed by atoms with E-state index in [4.69, 9.17) is 4.42 Å². The van der Waals surface area contributed by atoms with E-state index in [9.17, 15) is 9.90 Å². The van der Waals surface area contributed by atoms with E-state index in [1.165, 1.54) is 11.8 Å². The fourth-order valence-corrected chi connectivity index (χ4v) is 2.81. The summed E-state index contributed by atoms with van der Waals surface area (Å²) in [5.41, 5.74) is 1.68. The molecule has 0 saturated carbocycles. The van der Waals surface area contributed by atoms with Crippen LogP contribution in [-0.2, 0) is 0 Å². The molecular formula is C15H12N2O3S. The number of carbonyl (C=O) groups is 1. The van der Waals surface area contributed by atoms with Crippen LogP contribution in [0.3, 0.4) is 0 Å². The number of aromatic carboxylic acids is 1. The van der Waals surface area contributed by atoms with Crippen LogP contribution in [0.25, 0.3) is 10.9 Å². The molecular weight excluding hydrogens is 288 g/mol. The molecule has 0 aliphatic heterocycles. The number of para-hydroxylation sites is 1. The number of aromatic nitrogens is 2. The number of oxazole rings is 1. The molecule has 6 heteroatoms. The van der Waals surface area contributed by atoms with Gasteiger partial charge in [-0.25, -0.2) is 14.8 Å². The summed E-state index contributed by atoms with van der Waals surface area (Å²) in [7, 11) is 0. The highest BCUT2D eigenvalue weighted by atomic mass is 32.2. The predicted octanol–water partition coefficient (Wildman–Crippen LogP) is 3.69. The van der Waals surface area contributed by atoms with Crippen molar-refractivity contribution in [2.24, 2.45) is 0 Å². The highest BCUT2D eigenvalue weighted by Crippen LogP contribution is 2.30. The summed E-state index contributed by atoms with van der Waals surface area (Å²) in [6.45, 7) is 3.70. The van der Waals surface area contributed by atoms with Crippen LogP contribution in [0.1, 0.15) is 21.8 Å². The lowest BCUT2D eigenvalue weighted by Gasteiger charge is -2.04. The first-order valence-electron chi connectivity index (χ1n) is 6.29. The molecule has 1 aromatic carbocycles. The molecule has 0 fully saturated rings. The third-order valence-electron chi connectivity index (χ3n) is 3.12. The van der Waals surface area contributed by atoms with Crippen LogP contribution in [-0.4, -0.2) is 21.0 Å². The first-order chi connectivity index (χ1) is 10.0. The van der Waals surface area contributed by atoms with Gasteiger partial charge >= 0.3 is 5.97 Å². The summed E-state index contributed by atoms with van der Waals surface area (Å²) in [5, 5.41) is 11.0. The average molecular weight is 300 g/mol. The van der Waals surface area contributed by atoms with E-state index >= 15 is 0 Å². The molecule has 0 spiro atoms. The number of carboxylic acid groups (broad SMARTS) is 1. The topological polar surface area (TPSA) is 76.2 Å². The molecule has 0 aliphatic rings. The largest absolute Gasteiger partial charge is 0.478 e. The Morgan fingerprint density at radius 2 is 2.00 bits per heavy atom. The Hall–Kier alpha value is -2.34. The average Bonchev–Trinajstić information content (AvgIpc) is 2.76. The number of hydrogen-bond donors (Lipinski definition) is 1. The first-order valence-corrected chi connectivity index (χ1v) is 7.11. The van der Waals surface area contributed by atoms with Crippen molar-refractivity contribution in [2.45, 2.75) is 24.1 Å². The van der Waals surface area contributed by atoms with Gasteiger partial charge in [-0.2, -0.15) is 0 Å². The van der Waals surface area contributed by atoms with Crippen LogP contribution >= 0.6 is 11.8 Å². The predicted molar refractivity (Wildman–Crippen MR) is 78.8 cm³/mol. The number of hydrogen-bond acceptors (Lipinski definition) is 5. The third kappa shape index (κ3) is 2.62. The van der Waals surface area contributed by atoms with Crippen molar-refractivity contribution < 1.29 is 14.3 Å². The Balaban J connectivity index is 2.08. The molecule has 0 saturated heterocycles. The number of pyridine rings is 1. The minimum absolute atomic E-state index is 0.225. The van der Waals surface area contributed by atoms with E-state index < -0.39 is 5.97 Å². The molecule has 2 heterocycles. The molecule has 0 bridgehead atoms. The van der Waals surface area contributed by atoms with Crippen molar-refractivity contribution in [3.63, 3.8) is 0 Å². The van der Waals surface area contributed by atoms with Gasteiger partial charge in [0.15, 0.2) is 0 Å². The third-order valence-corrected chi connectivity index (χ3v) is 3.89. The number of nitrogens with zero attached hydrogens (tertiary/aromatic N) is 2. The highest BCUT2D eigenvalue weighted by molar-refractivity contribution is 7.99. The van der Waals surface area contributed by atoms with Crippen LogP contribution in [0, 0.1) is 13.8 Å². The van der Waals surface area contributed by atoms with Crippen molar-refractivity contribution in [1.29, 1.82) is 0 Å². The second-order valence-electron chi connectivity index (χ2n) is 4.55. The van der Waals surface area contributed by atoms with Gasteiger partial charge in [0.25, 0.3) is 5.22 Å². The van der Waals surface area contributed by atoms with E-state index in [2.05, 4.69) is 9.97 Å². The van der Waals surface area contributed by atoms with Crippen LogP contribution in [0.5, 0.6) is 0 Å². The van der Waals surface area contributed by atoms with Gasteiger partial charge in [0.05, 0.1) is 16.8 Å². The maximum absolute atomic E-state index is 11.4. The second kappa shape index (κ2) is 5.21. The lowest BCUT2D eigenvalue weighted by atomic mass is 10.1. The molecule has 21 heavy (non-hydrogen) atoms. The maximum Gasteiger partial charge on any atom is 0.336 e. The fraction of sp³-hybridized carbons (Fsp3) is 0.133. The summed E-state index contributed by atoms with van der Waals surface area (Å²) in [4.78, 5) is 20.1. The molecule has 2 aromatic heterocycles. The molecule has 0 atom stereocenters. The maximum atomic E-state index is 11.4. The summed E-state index contributed by atoms with van der Waals surface area (Å²) in [6, 6.07) is 8.71. The smallest absolute Gasteiger partial charge is 0.336 e. The van der Waals surface area contributed by atoms with Crippen LogP contribution in [0.2, 0.25) is 0 Å². The molecule has 0 amide bonds. The minimum Gasteiger partial charge on any atom is -0.478 e. The van der Waals surface area contributed by atoms with Gasteiger partial charge in [-0.3, -0.25) is 0 Å². The number of carboxylic acids is 1. The zero-order valence-corrected chi connectivity index (χ0v) is 12.3. The number of benzene rings is 1. The van der Waals surface area contributed by atoms with Crippen LogP contribution in [0.4, 0.5) is 0 Å². The van der Waals surface area contributed by atoms with Gasteiger partial charge in [-0.05, 0) is 37.7 Å². The molecule has 0 unspecified atom stereocenters. The van der Waals surface area contributed by atoms with Gasteiger partial charge in [0.2, 0.25) is 0 Å². The summed E-state index contributed by atoms with van der Waals surface area (Å²) in [5.74, 6) is -0.230. The van der Waals surface area contributed by atoms with Gasteiger partial charge in [0, 0.05) is 5.39 Å². The quantitative estimate of drug-likeness (QED) is 0.795. The summed E-state index contributed by atoms with van der Waals surface area (Å²) < 4.78 is 5.50. The van der Waals surface area contributed by atoms with Crippen molar-refractivity contribution in [3.8, 4) is 0 Å². The first kappa shape index (κ1) is 13.6. The van der Waals surface area contributed by atoms with Crippen molar-refractivity contribution in [3.05, 3.63) is 47.3 Å². The van der Waals surface area contributed by atoms with Gasteiger partial charge in [0.1, 0.15) is 10.8 Å². The Morgan fingerprint density at radius 1 is 1.24 bits per heavy atom. The van der Waals surface area contributed by atoms with E-state index in [0.717, 1.165) is 11.5 Å². The molecule has 5 nitrogen and oxygen atoms in total. The number of aryl methyl sites for hydroxylation is 2. The number of rotatable bonds is 3. The standard InChI is InChI=1S/C15H12N2O3S/c1-8-9(2)20-15(16-8)21-13-7-11(14(18)19)10-5-3-4-6-12(10)17-13/h3-7H,1-2H3,(H,18,19). The minimum atomic E-state index is -0.977. The molecule has 0 radical (unpaired) electrons. The molecule has 3 aromatic rings. The Kier molecular flexibility index (Phi) is 3.39. The Bertz CT molecular complexity index is 823. The van der Waals surface area contributed by atoms with Gasteiger partial charge in [-0.1, -0.05) is 18.2 Å². The van der Waals surface area contributed by atoms with Crippen LogP contribution < -0.4 is 0 Å². The van der Waals surface area contributed by atoms with E-state index in [1.54, 1.807) is 24.3 Å². The highest BCUT2D eigenvalue weighted by Gasteiger charge is 2.14. The van der Waals surface area contributed by atoms with E-state index in [1.807, 2.05) is 19.9 Å². The normalized spacial score (nSPS) is 11.0. The van der Waals surface area contributed by atoms with Crippen molar-refractivity contribution in [2.75, 3.05) is 0 Å². The molecule has 0 aliphatic carbocycles. The monoisotopic (exact) mass is 300 g/mol. The zero-order chi connectivity index (χ0) is 15.0. The van der Waals surface area contributed by atoms with E-state index in [-0.39, 0.29) is 5.56 Å². The summed E-state index contributed by atoms with van der Waals surface area (Å²) >= 11 is 1.22. The fourth-order valence-electron chi connectivity index (χ4n) is 1.96. The lowest BCUT2D eigenvalue weighted by molar-refractivity contribution is 0.0698. The van der Waals surface area contributed by atoms with Crippen LogP contribution in [0.15, 0.2) is 45.0 Å². The zero-order valence-electron chi connectivity index (χ0n) is 11.5. The second-order valence-corrected chi connectivity index (χ2v) is 5.53. The molecule has 1 N–H and O–H groups in total.